The Labute approximate surface area is 529 Å². The van der Waals surface area contributed by atoms with Crippen LogP contribution in [0.2, 0.25) is 0 Å². The smallest absolute Gasteiger partial charge is 0.207 e. The minimum Gasteiger partial charge on any atom is -0.497 e. The Kier molecular flexibility index (Phi) is 20.8. The molecule has 6 aromatic heterocycles. The number of alkyl halides is 2. The van der Waals surface area contributed by atoms with Crippen LogP contribution in [0.4, 0.5) is 58.1 Å². The number of ether oxygens (including phenoxy) is 4. The maximum Gasteiger partial charge on any atom is 0.207 e. The fourth-order valence-electron chi connectivity index (χ4n) is 11.0. The number of anilines is 9. The lowest BCUT2D eigenvalue weighted by Gasteiger charge is -2.37. The summed E-state index contributed by atoms with van der Waals surface area (Å²) in [5, 5.41) is 62.9. The van der Waals surface area contributed by atoms with Gasteiger partial charge in [0.2, 0.25) is 20.5 Å². The zero-order chi connectivity index (χ0) is 62.5. The number of ketones is 2. The van der Waals surface area contributed by atoms with E-state index in [0.717, 1.165) is 92.5 Å². The summed E-state index contributed by atoms with van der Waals surface area (Å²) >= 11 is 4.10. The topological polar surface area (TPSA) is 304 Å². The van der Waals surface area contributed by atoms with Crippen LogP contribution in [0.15, 0.2) is 91.4 Å². The average Bonchev–Trinajstić information content (AvgIpc) is 2.29. The van der Waals surface area contributed by atoms with Gasteiger partial charge in [-0.2, -0.15) is 15.3 Å². The van der Waals surface area contributed by atoms with E-state index in [9.17, 15) is 18.4 Å². The molecule has 8 aromatic rings. The summed E-state index contributed by atoms with van der Waals surface area (Å²) in [4.78, 5) is 36.7. The quantitative estimate of drug-likeness (QED) is 0.0573. The number of nitrogens with one attached hydrogen (secondary N) is 3. The van der Waals surface area contributed by atoms with E-state index in [0.29, 0.717) is 80.3 Å². The van der Waals surface area contributed by atoms with Gasteiger partial charge in [0.25, 0.3) is 0 Å². The lowest BCUT2D eigenvalue weighted by molar-refractivity contribution is -0.129. The number of hydrogen-bond donors (Lipinski definition) is 4. The van der Waals surface area contributed by atoms with E-state index in [1.165, 1.54) is 48.2 Å². The first-order valence-electron chi connectivity index (χ1n) is 29.2. The number of nitrogen functional groups attached to an aromatic ring is 1. The van der Waals surface area contributed by atoms with E-state index in [4.69, 9.17) is 24.7 Å². The van der Waals surface area contributed by atoms with Crippen LogP contribution in [0.3, 0.4) is 0 Å². The lowest BCUT2D eigenvalue weighted by Crippen LogP contribution is -2.48. The number of halogens is 2. The van der Waals surface area contributed by atoms with Crippen molar-refractivity contribution in [3.05, 3.63) is 113 Å². The van der Waals surface area contributed by atoms with Crippen molar-refractivity contribution in [2.45, 2.75) is 74.8 Å². The molecule has 0 aliphatic carbocycles. The summed E-state index contributed by atoms with van der Waals surface area (Å²) in [6, 6.07) is 23.2. The van der Waals surface area contributed by atoms with Crippen LogP contribution in [0.5, 0.6) is 11.5 Å². The van der Waals surface area contributed by atoms with Crippen LogP contribution in [-0.2, 0) is 31.9 Å². The maximum atomic E-state index is 13.4. The van der Waals surface area contributed by atoms with Gasteiger partial charge in [-0.1, -0.05) is 34.0 Å². The first-order chi connectivity index (χ1) is 43.8. The highest BCUT2D eigenvalue weighted by atomic mass is 32.1. The second-order valence-electron chi connectivity index (χ2n) is 21.9. The van der Waals surface area contributed by atoms with Gasteiger partial charge in [0, 0.05) is 114 Å². The average molecular weight is 1290 g/mol. The SMILES string of the molecule is COc1cc([C@@H](OC)C(=O)Cc2nnc(N[C@@H]3CCN(c4cccnn4)C3)s2)cc(N2CC(F)C2)c1.COc1cc([C@H](OC)C(=O)Cc2nnc(N[C@@H]3CCN(c4cccnn4)C3)s2)cc(N2CC(F)C2)c1.Nc1nnc(N[C@@H]2CCN(c3cccnn3)C2)s1. The number of hydrogen-bond acceptors (Lipinski definition) is 30. The first-order valence-corrected chi connectivity index (χ1v) is 31.7. The molecule has 5 saturated heterocycles. The zero-order valence-corrected chi connectivity index (χ0v) is 52.4. The van der Waals surface area contributed by atoms with Crippen LogP contribution in [0.25, 0.3) is 0 Å². The minimum atomic E-state index is -0.834. The molecule has 32 heteroatoms. The Morgan fingerprint density at radius 1 is 0.511 bits per heavy atom. The van der Waals surface area contributed by atoms with Crippen LogP contribution in [-0.4, -0.2) is 197 Å². The largest absolute Gasteiger partial charge is 0.497 e. The second kappa shape index (κ2) is 29.7. The van der Waals surface area contributed by atoms with Gasteiger partial charge in [-0.05, 0) is 91.1 Å². The molecule has 0 radical (unpaired) electrons. The van der Waals surface area contributed by atoms with Crippen LogP contribution in [0.1, 0.15) is 52.6 Å². The molecule has 5 N–H and O–H groups in total. The third-order valence-corrected chi connectivity index (χ3v) is 18.0. The van der Waals surface area contributed by atoms with Gasteiger partial charge in [0.15, 0.2) is 29.0 Å². The van der Waals surface area contributed by atoms with Gasteiger partial charge in [0.1, 0.15) is 46.1 Å². The van der Waals surface area contributed by atoms with E-state index in [1.54, 1.807) is 44.9 Å². The molecule has 0 spiro atoms. The molecule has 5 aliphatic heterocycles. The predicted octanol–water partition coefficient (Wildman–Crippen LogP) is 5.97. The van der Waals surface area contributed by atoms with E-state index in [2.05, 4.69) is 91.8 Å². The van der Waals surface area contributed by atoms with Gasteiger partial charge in [-0.25, -0.2) is 8.78 Å². The Balaban J connectivity index is 0.000000147. The fourth-order valence-corrected chi connectivity index (χ4v) is 13.2. The number of rotatable bonds is 23. The molecule has 0 unspecified atom stereocenters. The van der Waals surface area contributed by atoms with E-state index in [-0.39, 0.29) is 36.5 Å². The molecule has 474 valence electrons. The maximum absolute atomic E-state index is 13.4. The molecule has 27 nitrogen and oxygen atoms in total. The molecule has 11 heterocycles. The van der Waals surface area contributed by atoms with Crippen LogP contribution in [0, 0.1) is 0 Å². The van der Waals surface area contributed by atoms with E-state index < -0.39 is 24.6 Å². The minimum absolute atomic E-state index is 0.0943. The molecule has 5 aliphatic rings. The fraction of sp³-hybridized carbons (Fsp3) is 0.448. The Morgan fingerprint density at radius 3 is 1.21 bits per heavy atom. The number of carbonyl (C=O) groups excluding carboxylic acids is 2. The van der Waals surface area contributed by atoms with Gasteiger partial charge in [0.05, 0.1) is 53.2 Å². The summed E-state index contributed by atoms with van der Waals surface area (Å²) < 4.78 is 48.7. The summed E-state index contributed by atoms with van der Waals surface area (Å²) in [5.41, 5.74) is 8.49. The summed E-state index contributed by atoms with van der Waals surface area (Å²) in [6.07, 6.45) is 4.85. The Bertz CT molecular complexity index is 3430. The van der Waals surface area contributed by atoms with Gasteiger partial charge >= 0.3 is 0 Å². The van der Waals surface area contributed by atoms with Crippen LogP contribution >= 0.6 is 34.0 Å². The molecule has 5 atom stereocenters. The normalized spacial score (nSPS) is 18.8. The van der Waals surface area contributed by atoms with Crippen LogP contribution < -0.4 is 55.7 Å². The number of nitrogens with zero attached hydrogens (tertiary/aromatic N) is 17. The second-order valence-corrected chi connectivity index (χ2v) is 25.0. The van der Waals surface area contributed by atoms with Crippen molar-refractivity contribution in [1.29, 1.82) is 0 Å². The van der Waals surface area contributed by atoms with Crippen molar-refractivity contribution >= 4 is 94.9 Å². The van der Waals surface area contributed by atoms with E-state index in [1.807, 2.05) is 70.5 Å². The summed E-state index contributed by atoms with van der Waals surface area (Å²) in [7, 11) is 6.12. The molecule has 90 heavy (non-hydrogen) atoms. The zero-order valence-electron chi connectivity index (χ0n) is 49.9. The highest BCUT2D eigenvalue weighted by Crippen LogP contribution is 2.36. The molecule has 0 bridgehead atoms. The lowest BCUT2D eigenvalue weighted by atomic mass is 10.0. The Hall–Kier alpha value is -8.72. The number of aromatic nitrogens is 12. The van der Waals surface area contributed by atoms with Crippen molar-refractivity contribution in [2.24, 2.45) is 0 Å². The van der Waals surface area contributed by atoms with Gasteiger partial charge in [-0.15, -0.1) is 45.9 Å². The first kappa shape index (κ1) is 62.9. The summed E-state index contributed by atoms with van der Waals surface area (Å²) in [6.45, 7) is 6.50. The predicted molar refractivity (Wildman–Crippen MR) is 340 cm³/mol. The van der Waals surface area contributed by atoms with Crippen molar-refractivity contribution < 1.29 is 37.3 Å². The van der Waals surface area contributed by atoms with E-state index >= 15 is 0 Å². The van der Waals surface area contributed by atoms with Crippen molar-refractivity contribution in [3.8, 4) is 11.5 Å². The van der Waals surface area contributed by atoms with Crippen molar-refractivity contribution in [1.82, 2.24) is 61.2 Å². The van der Waals surface area contributed by atoms with Gasteiger partial charge in [-0.3, -0.25) is 9.59 Å². The third kappa shape index (κ3) is 16.2. The number of Topliss-reactive ketones (excluding diaryl/α,β-unsaturated/α-hetero) is 2. The summed E-state index contributed by atoms with van der Waals surface area (Å²) in [5.74, 6) is 3.54. The number of benzene rings is 2. The molecule has 2 aromatic carbocycles. The molecule has 0 amide bonds. The molecular weight excluding hydrogens is 1220 g/mol. The highest BCUT2D eigenvalue weighted by molar-refractivity contribution is 7.18. The number of methoxy groups -OCH3 is 4. The molecule has 5 fully saturated rings. The monoisotopic (exact) mass is 1290 g/mol. The van der Waals surface area contributed by atoms with Gasteiger partial charge < -0.3 is 65.1 Å². The molecule has 13 rings (SSSR count). The van der Waals surface area contributed by atoms with Crippen molar-refractivity contribution in [2.75, 3.05) is 140 Å². The number of nitrogens with two attached hydrogens (primary N) is 1. The Morgan fingerprint density at radius 2 is 0.889 bits per heavy atom. The molecule has 0 saturated carbocycles. The third-order valence-electron chi connectivity index (χ3n) is 15.6. The van der Waals surface area contributed by atoms with Crippen molar-refractivity contribution in [3.63, 3.8) is 0 Å². The standard InChI is InChI=1S/2C24H28FN7O3S.C10H13N7S/c2*1-34-19-9-15(8-18(10-19)32-12-16(25)13-32)23(35-2)20(33)11-22-29-30-24(36-22)27-17-5-7-31(14-17)21-4-3-6-26-28-21;11-9-15-16-10(18-9)13-7-3-5-17(6-7)8-2-1-4-12-14-8/h2*3-4,6,8-10,16-17,23H,5,7,11-14H2,1-2H3,(H,27,30);1-2,4,7H,3,5-6H2,(H2,11,15)(H,13,16)/t17-,23+;17-,23-;7-/m111/s1. The molecular formula is C58H69F2N21O6S3. The number of carbonyl (C=O) groups is 2. The highest BCUT2D eigenvalue weighted by Gasteiger charge is 2.33.